The van der Waals surface area contributed by atoms with Crippen LogP contribution in [0.15, 0.2) is 6.07 Å². The van der Waals surface area contributed by atoms with E-state index in [4.69, 9.17) is 4.98 Å². The van der Waals surface area contributed by atoms with E-state index < -0.39 is 10.0 Å². The summed E-state index contributed by atoms with van der Waals surface area (Å²) in [6.45, 7) is 6.50. The number of carbonyl (C=O) groups is 1. The van der Waals surface area contributed by atoms with E-state index in [-0.39, 0.29) is 5.91 Å². The van der Waals surface area contributed by atoms with Crippen LogP contribution in [0.25, 0.3) is 0 Å². The number of rotatable bonds is 7. The number of carbonyl (C=O) groups excluding carboxylic acids is 1. The van der Waals surface area contributed by atoms with Crippen molar-refractivity contribution in [1.82, 2.24) is 14.6 Å². The second kappa shape index (κ2) is 8.14. The van der Waals surface area contributed by atoms with Crippen molar-refractivity contribution >= 4 is 21.7 Å². The standard InChI is InChI=1S/C19H30N4O3S/c1-13(2)11-20-18-16(19(24)21-12-14-4-5-14)10-15-6-8-23(27(3,25)26)9-7-17(15)22-18/h10,13-14H,4-9,11-12H2,1-3H3,(H,20,22)(H,21,24). The lowest BCUT2D eigenvalue weighted by Gasteiger charge is -2.16. The first kappa shape index (κ1) is 20.1. The van der Waals surface area contributed by atoms with Crippen LogP contribution < -0.4 is 10.6 Å². The Morgan fingerprint density at radius 2 is 2.00 bits per heavy atom. The molecule has 1 saturated carbocycles. The summed E-state index contributed by atoms with van der Waals surface area (Å²) in [5, 5.41) is 6.32. The maximum Gasteiger partial charge on any atom is 0.255 e. The average Bonchev–Trinajstić information content (AvgIpc) is 3.42. The summed E-state index contributed by atoms with van der Waals surface area (Å²) in [5.74, 6) is 1.53. The zero-order chi connectivity index (χ0) is 19.6. The van der Waals surface area contributed by atoms with Gasteiger partial charge in [-0.3, -0.25) is 4.79 Å². The molecule has 0 bridgehead atoms. The second-order valence-electron chi connectivity index (χ2n) is 8.08. The summed E-state index contributed by atoms with van der Waals surface area (Å²) in [6, 6.07) is 1.90. The monoisotopic (exact) mass is 394 g/mol. The molecular formula is C19H30N4O3S. The summed E-state index contributed by atoms with van der Waals surface area (Å²) < 4.78 is 25.3. The normalized spacial score (nSPS) is 18.1. The van der Waals surface area contributed by atoms with Gasteiger partial charge in [-0.15, -0.1) is 0 Å². The Morgan fingerprint density at radius 1 is 1.30 bits per heavy atom. The van der Waals surface area contributed by atoms with Crippen LogP contribution in [-0.4, -0.2) is 56.0 Å². The largest absolute Gasteiger partial charge is 0.369 e. The predicted octanol–water partition coefficient (Wildman–Crippen LogP) is 1.65. The van der Waals surface area contributed by atoms with Crippen LogP contribution >= 0.6 is 0 Å². The molecule has 0 aromatic carbocycles. The Labute approximate surface area is 162 Å². The minimum absolute atomic E-state index is 0.104. The first-order chi connectivity index (χ1) is 12.7. The molecule has 1 aromatic rings. The smallest absolute Gasteiger partial charge is 0.255 e. The number of aromatic nitrogens is 1. The zero-order valence-electron chi connectivity index (χ0n) is 16.4. The molecule has 1 aliphatic heterocycles. The molecular weight excluding hydrogens is 364 g/mol. The van der Waals surface area contributed by atoms with Gasteiger partial charge in [-0.05, 0) is 42.7 Å². The highest BCUT2D eigenvalue weighted by molar-refractivity contribution is 7.88. The van der Waals surface area contributed by atoms with Gasteiger partial charge < -0.3 is 10.6 Å². The Kier molecular flexibility index (Phi) is 6.05. The molecule has 2 aliphatic rings. The fourth-order valence-corrected chi connectivity index (χ4v) is 4.05. The van der Waals surface area contributed by atoms with Gasteiger partial charge in [-0.2, -0.15) is 0 Å². The molecule has 0 spiro atoms. The van der Waals surface area contributed by atoms with Gasteiger partial charge in [0.15, 0.2) is 0 Å². The van der Waals surface area contributed by atoms with Gasteiger partial charge in [0.25, 0.3) is 5.91 Å². The van der Waals surface area contributed by atoms with Crippen molar-refractivity contribution < 1.29 is 13.2 Å². The minimum Gasteiger partial charge on any atom is -0.369 e. The van der Waals surface area contributed by atoms with Crippen molar-refractivity contribution in [2.45, 2.75) is 39.5 Å². The minimum atomic E-state index is -3.23. The molecule has 2 heterocycles. The van der Waals surface area contributed by atoms with Crippen LogP contribution in [-0.2, 0) is 22.9 Å². The van der Waals surface area contributed by atoms with E-state index >= 15 is 0 Å². The van der Waals surface area contributed by atoms with Crippen molar-refractivity contribution in [3.63, 3.8) is 0 Å². The van der Waals surface area contributed by atoms with Crippen LogP contribution in [0, 0.1) is 11.8 Å². The Morgan fingerprint density at radius 3 is 2.63 bits per heavy atom. The third-order valence-electron chi connectivity index (χ3n) is 5.06. The molecule has 1 fully saturated rings. The number of anilines is 1. The summed E-state index contributed by atoms with van der Waals surface area (Å²) >= 11 is 0. The first-order valence-electron chi connectivity index (χ1n) is 9.74. The molecule has 0 radical (unpaired) electrons. The number of amides is 1. The van der Waals surface area contributed by atoms with E-state index in [2.05, 4.69) is 24.5 Å². The SMILES string of the molecule is CC(C)CNc1nc2c(cc1C(=O)NCC1CC1)CCN(S(C)(=O)=O)CC2. The van der Waals surface area contributed by atoms with Crippen LogP contribution in [0.4, 0.5) is 5.82 Å². The Balaban J connectivity index is 1.85. The highest BCUT2D eigenvalue weighted by Crippen LogP contribution is 2.28. The van der Waals surface area contributed by atoms with E-state index in [1.165, 1.54) is 23.4 Å². The van der Waals surface area contributed by atoms with Gasteiger partial charge in [0.05, 0.1) is 11.8 Å². The number of pyridine rings is 1. The molecule has 1 aromatic heterocycles. The van der Waals surface area contributed by atoms with Crippen molar-refractivity contribution in [3.8, 4) is 0 Å². The van der Waals surface area contributed by atoms with Gasteiger partial charge in [0, 0.05) is 38.3 Å². The quantitative estimate of drug-likeness (QED) is 0.734. The number of nitrogens with zero attached hydrogens (tertiary/aromatic N) is 2. The van der Waals surface area contributed by atoms with Gasteiger partial charge in [0.1, 0.15) is 5.82 Å². The lowest BCUT2D eigenvalue weighted by Crippen LogP contribution is -2.32. The fourth-order valence-electron chi connectivity index (χ4n) is 3.21. The molecule has 1 aliphatic carbocycles. The summed E-state index contributed by atoms with van der Waals surface area (Å²) in [7, 11) is -3.23. The molecule has 0 saturated heterocycles. The summed E-state index contributed by atoms with van der Waals surface area (Å²) in [5.41, 5.74) is 2.40. The zero-order valence-corrected chi connectivity index (χ0v) is 17.2. The highest BCUT2D eigenvalue weighted by Gasteiger charge is 2.26. The molecule has 0 unspecified atom stereocenters. The Hall–Kier alpha value is -1.67. The summed E-state index contributed by atoms with van der Waals surface area (Å²) in [6.07, 6.45) is 4.74. The molecule has 2 N–H and O–H groups in total. The molecule has 27 heavy (non-hydrogen) atoms. The molecule has 1 amide bonds. The number of hydrogen-bond acceptors (Lipinski definition) is 5. The number of fused-ring (bicyclic) bond motifs is 1. The molecule has 3 rings (SSSR count). The fraction of sp³-hybridized carbons (Fsp3) is 0.684. The number of nitrogens with one attached hydrogen (secondary N) is 2. The molecule has 8 heteroatoms. The molecule has 7 nitrogen and oxygen atoms in total. The van der Waals surface area contributed by atoms with Crippen LogP contribution in [0.5, 0.6) is 0 Å². The van der Waals surface area contributed by atoms with Crippen LogP contribution in [0.1, 0.15) is 48.3 Å². The third-order valence-corrected chi connectivity index (χ3v) is 6.36. The molecule has 0 atom stereocenters. The molecule has 150 valence electrons. The second-order valence-corrected chi connectivity index (χ2v) is 10.1. The van der Waals surface area contributed by atoms with Gasteiger partial charge in [-0.25, -0.2) is 17.7 Å². The van der Waals surface area contributed by atoms with E-state index in [9.17, 15) is 13.2 Å². The van der Waals surface area contributed by atoms with Crippen molar-refractivity contribution in [1.29, 1.82) is 0 Å². The number of hydrogen-bond donors (Lipinski definition) is 2. The average molecular weight is 395 g/mol. The summed E-state index contributed by atoms with van der Waals surface area (Å²) in [4.78, 5) is 17.5. The lowest BCUT2D eigenvalue weighted by molar-refractivity contribution is 0.0952. The maximum atomic E-state index is 12.7. The lowest BCUT2D eigenvalue weighted by atomic mass is 10.0. The van der Waals surface area contributed by atoms with Crippen molar-refractivity contribution in [3.05, 3.63) is 22.9 Å². The van der Waals surface area contributed by atoms with Gasteiger partial charge >= 0.3 is 0 Å². The van der Waals surface area contributed by atoms with Crippen molar-refractivity contribution in [2.24, 2.45) is 11.8 Å². The topological polar surface area (TPSA) is 91.4 Å². The van der Waals surface area contributed by atoms with Gasteiger partial charge in [0.2, 0.25) is 10.0 Å². The third kappa shape index (κ3) is 5.42. The van der Waals surface area contributed by atoms with Crippen molar-refractivity contribution in [2.75, 3.05) is 37.8 Å². The van der Waals surface area contributed by atoms with E-state index in [1.54, 1.807) is 0 Å². The predicted molar refractivity (Wildman–Crippen MR) is 106 cm³/mol. The highest BCUT2D eigenvalue weighted by atomic mass is 32.2. The first-order valence-corrected chi connectivity index (χ1v) is 11.6. The van der Waals surface area contributed by atoms with Gasteiger partial charge in [-0.1, -0.05) is 13.8 Å². The Bertz CT molecular complexity index is 803. The van der Waals surface area contributed by atoms with Crippen LogP contribution in [0.3, 0.4) is 0 Å². The van der Waals surface area contributed by atoms with E-state index in [0.29, 0.717) is 55.7 Å². The van der Waals surface area contributed by atoms with E-state index in [1.807, 2.05) is 6.07 Å². The van der Waals surface area contributed by atoms with E-state index in [0.717, 1.165) is 17.8 Å². The van der Waals surface area contributed by atoms with Crippen LogP contribution in [0.2, 0.25) is 0 Å². The maximum absolute atomic E-state index is 12.7. The number of sulfonamides is 1.